The fourth-order valence-electron chi connectivity index (χ4n) is 2.62. The van der Waals surface area contributed by atoms with Crippen LogP contribution in [0.4, 0.5) is 4.39 Å². The Morgan fingerprint density at radius 1 is 1.39 bits per heavy atom. The molecule has 0 spiro atoms. The standard InChI is InChI=1S/C14H19FN2O/c15-12-8-4-3-7-11(12)14(18)17-13(9-16)10-5-1-2-6-10/h3-4,7-8,10,13H,1-2,5-6,9,16H2,(H,17,18). The van der Waals surface area contributed by atoms with E-state index < -0.39 is 5.82 Å². The van der Waals surface area contributed by atoms with E-state index >= 15 is 0 Å². The maximum absolute atomic E-state index is 13.5. The van der Waals surface area contributed by atoms with Crippen molar-refractivity contribution in [2.45, 2.75) is 31.7 Å². The van der Waals surface area contributed by atoms with Gasteiger partial charge < -0.3 is 11.1 Å². The molecule has 1 unspecified atom stereocenters. The van der Waals surface area contributed by atoms with E-state index in [2.05, 4.69) is 5.32 Å². The zero-order chi connectivity index (χ0) is 13.0. The summed E-state index contributed by atoms with van der Waals surface area (Å²) in [7, 11) is 0. The second-order valence-corrected chi connectivity index (χ2v) is 4.84. The highest BCUT2D eigenvalue weighted by atomic mass is 19.1. The minimum atomic E-state index is -0.489. The number of benzene rings is 1. The molecule has 1 atom stereocenters. The largest absolute Gasteiger partial charge is 0.348 e. The molecule has 2 rings (SSSR count). The molecule has 0 heterocycles. The predicted octanol–water partition coefficient (Wildman–Crippen LogP) is 2.07. The van der Waals surface area contributed by atoms with Crippen LogP contribution in [0, 0.1) is 11.7 Å². The molecule has 1 aromatic rings. The Kier molecular flexibility index (Phi) is 4.31. The molecule has 18 heavy (non-hydrogen) atoms. The first-order valence-electron chi connectivity index (χ1n) is 6.48. The van der Waals surface area contributed by atoms with E-state index in [-0.39, 0.29) is 17.5 Å². The number of amides is 1. The van der Waals surface area contributed by atoms with Gasteiger partial charge in [-0.05, 0) is 30.9 Å². The Labute approximate surface area is 107 Å². The molecular weight excluding hydrogens is 231 g/mol. The zero-order valence-corrected chi connectivity index (χ0v) is 10.4. The van der Waals surface area contributed by atoms with Crippen molar-refractivity contribution in [1.29, 1.82) is 0 Å². The quantitative estimate of drug-likeness (QED) is 0.859. The molecule has 4 heteroatoms. The maximum atomic E-state index is 13.5. The van der Waals surface area contributed by atoms with Crippen LogP contribution in [0.3, 0.4) is 0 Å². The third-order valence-corrected chi connectivity index (χ3v) is 3.66. The molecule has 0 saturated heterocycles. The third-order valence-electron chi connectivity index (χ3n) is 3.66. The summed E-state index contributed by atoms with van der Waals surface area (Å²) >= 11 is 0. The summed E-state index contributed by atoms with van der Waals surface area (Å²) in [5.41, 5.74) is 5.80. The van der Waals surface area contributed by atoms with Gasteiger partial charge in [-0.3, -0.25) is 4.79 Å². The van der Waals surface area contributed by atoms with E-state index in [0.29, 0.717) is 12.5 Å². The van der Waals surface area contributed by atoms with Crippen molar-refractivity contribution in [2.24, 2.45) is 11.7 Å². The van der Waals surface area contributed by atoms with Gasteiger partial charge >= 0.3 is 0 Å². The van der Waals surface area contributed by atoms with Crippen molar-refractivity contribution >= 4 is 5.91 Å². The first-order valence-corrected chi connectivity index (χ1v) is 6.48. The van der Waals surface area contributed by atoms with Gasteiger partial charge in [-0.25, -0.2) is 4.39 Å². The monoisotopic (exact) mass is 250 g/mol. The Morgan fingerprint density at radius 2 is 2.06 bits per heavy atom. The molecule has 98 valence electrons. The van der Waals surface area contributed by atoms with Crippen molar-refractivity contribution in [3.05, 3.63) is 35.6 Å². The summed E-state index contributed by atoms with van der Waals surface area (Å²) in [5, 5.41) is 2.86. The highest BCUT2D eigenvalue weighted by Crippen LogP contribution is 2.27. The lowest BCUT2D eigenvalue weighted by molar-refractivity contribution is 0.0920. The van der Waals surface area contributed by atoms with Crippen molar-refractivity contribution in [1.82, 2.24) is 5.32 Å². The smallest absolute Gasteiger partial charge is 0.254 e. The van der Waals surface area contributed by atoms with E-state index in [4.69, 9.17) is 5.73 Å². The van der Waals surface area contributed by atoms with Crippen molar-refractivity contribution in [3.63, 3.8) is 0 Å². The van der Waals surface area contributed by atoms with Crippen molar-refractivity contribution in [3.8, 4) is 0 Å². The van der Waals surface area contributed by atoms with Crippen LogP contribution >= 0.6 is 0 Å². The van der Waals surface area contributed by atoms with Crippen molar-refractivity contribution < 1.29 is 9.18 Å². The average Bonchev–Trinajstić information content (AvgIpc) is 2.90. The van der Waals surface area contributed by atoms with Gasteiger partial charge in [-0.2, -0.15) is 0 Å². The van der Waals surface area contributed by atoms with E-state index in [1.807, 2.05) is 0 Å². The van der Waals surface area contributed by atoms with Crippen LogP contribution in [0.25, 0.3) is 0 Å². The zero-order valence-electron chi connectivity index (χ0n) is 10.4. The summed E-state index contributed by atoms with van der Waals surface area (Å²) < 4.78 is 13.5. The maximum Gasteiger partial charge on any atom is 0.254 e. The average molecular weight is 250 g/mol. The van der Waals surface area contributed by atoms with Crippen LogP contribution in [0.5, 0.6) is 0 Å². The predicted molar refractivity (Wildman–Crippen MR) is 68.7 cm³/mol. The number of nitrogens with two attached hydrogens (primary N) is 1. The first-order chi connectivity index (χ1) is 8.72. The summed E-state index contributed by atoms with van der Waals surface area (Å²) in [6, 6.07) is 5.98. The lowest BCUT2D eigenvalue weighted by atomic mass is 9.98. The second-order valence-electron chi connectivity index (χ2n) is 4.84. The Hall–Kier alpha value is -1.42. The van der Waals surface area contributed by atoms with Crippen LogP contribution in [0.1, 0.15) is 36.0 Å². The lowest BCUT2D eigenvalue weighted by Crippen LogP contribution is -2.44. The molecule has 0 aliphatic heterocycles. The van der Waals surface area contributed by atoms with Crippen LogP contribution < -0.4 is 11.1 Å². The summed E-state index contributed by atoms with van der Waals surface area (Å²) in [5.74, 6) is -0.418. The van der Waals surface area contributed by atoms with Crippen LogP contribution in [-0.2, 0) is 0 Å². The number of nitrogens with one attached hydrogen (secondary N) is 1. The van der Waals surface area contributed by atoms with E-state index in [1.54, 1.807) is 12.1 Å². The highest BCUT2D eigenvalue weighted by Gasteiger charge is 2.26. The van der Waals surface area contributed by atoms with Gasteiger partial charge in [-0.1, -0.05) is 25.0 Å². The molecule has 1 aliphatic carbocycles. The molecular formula is C14H19FN2O. The van der Waals surface area contributed by atoms with E-state index in [9.17, 15) is 9.18 Å². The Balaban J connectivity index is 2.03. The fraction of sp³-hybridized carbons (Fsp3) is 0.500. The van der Waals surface area contributed by atoms with E-state index in [0.717, 1.165) is 12.8 Å². The first kappa shape index (κ1) is 13.0. The normalized spacial score (nSPS) is 17.7. The molecule has 1 amide bonds. The number of carbonyl (C=O) groups excluding carboxylic acids is 1. The van der Waals surface area contributed by atoms with E-state index in [1.165, 1.54) is 25.0 Å². The van der Waals surface area contributed by atoms with Gasteiger partial charge in [0.25, 0.3) is 5.91 Å². The van der Waals surface area contributed by atoms with Crippen LogP contribution in [0.15, 0.2) is 24.3 Å². The molecule has 3 N–H and O–H groups in total. The van der Waals surface area contributed by atoms with Crippen LogP contribution in [0.2, 0.25) is 0 Å². The molecule has 1 fully saturated rings. The van der Waals surface area contributed by atoms with Crippen LogP contribution in [-0.4, -0.2) is 18.5 Å². The molecule has 1 saturated carbocycles. The number of halogens is 1. The second kappa shape index (κ2) is 5.96. The van der Waals surface area contributed by atoms with Gasteiger partial charge in [0.2, 0.25) is 0 Å². The summed E-state index contributed by atoms with van der Waals surface area (Å²) in [6.45, 7) is 0.408. The molecule has 1 aromatic carbocycles. The Morgan fingerprint density at radius 3 is 2.67 bits per heavy atom. The topological polar surface area (TPSA) is 55.1 Å². The molecule has 0 aromatic heterocycles. The molecule has 0 bridgehead atoms. The molecule has 3 nitrogen and oxygen atoms in total. The van der Waals surface area contributed by atoms with Gasteiger partial charge in [0.1, 0.15) is 5.82 Å². The van der Waals surface area contributed by atoms with Gasteiger partial charge in [0, 0.05) is 12.6 Å². The number of hydrogen-bond donors (Lipinski definition) is 2. The number of hydrogen-bond acceptors (Lipinski definition) is 2. The highest BCUT2D eigenvalue weighted by molar-refractivity contribution is 5.94. The lowest BCUT2D eigenvalue weighted by Gasteiger charge is -2.23. The van der Waals surface area contributed by atoms with Gasteiger partial charge in [0.05, 0.1) is 5.56 Å². The van der Waals surface area contributed by atoms with Gasteiger partial charge in [0.15, 0.2) is 0 Å². The van der Waals surface area contributed by atoms with Crippen molar-refractivity contribution in [2.75, 3.05) is 6.54 Å². The molecule has 1 aliphatic rings. The summed E-state index contributed by atoms with van der Waals surface area (Å²) in [4.78, 5) is 12.0. The third kappa shape index (κ3) is 2.88. The minimum absolute atomic E-state index is 0.0420. The SMILES string of the molecule is NCC(NC(=O)c1ccccc1F)C1CCCC1. The number of rotatable bonds is 4. The molecule has 0 radical (unpaired) electrons. The minimum Gasteiger partial charge on any atom is -0.348 e. The fourth-order valence-corrected chi connectivity index (χ4v) is 2.62. The van der Waals surface area contributed by atoms with Gasteiger partial charge in [-0.15, -0.1) is 0 Å². The summed E-state index contributed by atoms with van der Waals surface area (Å²) in [6.07, 6.45) is 4.58. The number of carbonyl (C=O) groups is 1. The Bertz CT molecular complexity index is 416.